The number of carbonyl (C=O) groups is 3. The second-order valence-electron chi connectivity index (χ2n) is 5.81. The number of halogens is 6. The Morgan fingerprint density at radius 2 is 0.938 bits per heavy atom. The first-order valence-electron chi connectivity index (χ1n) is 8.48. The van der Waals surface area contributed by atoms with Crippen molar-refractivity contribution in [1.29, 1.82) is 0 Å². The van der Waals surface area contributed by atoms with Crippen LogP contribution in [-0.2, 0) is 14.4 Å². The molecule has 0 saturated carbocycles. The van der Waals surface area contributed by atoms with Gasteiger partial charge >= 0.3 is 17.9 Å². The summed E-state index contributed by atoms with van der Waals surface area (Å²) in [6, 6.07) is 10.7. The Hall–Kier alpha value is -1.67. The van der Waals surface area contributed by atoms with Gasteiger partial charge in [0.15, 0.2) is 0 Å². The fourth-order valence-electron chi connectivity index (χ4n) is 2.13. The van der Waals surface area contributed by atoms with Gasteiger partial charge in [0, 0.05) is 6.07 Å². The Bertz CT molecular complexity index is 964. The van der Waals surface area contributed by atoms with E-state index in [0.717, 1.165) is 5.56 Å². The van der Waals surface area contributed by atoms with Gasteiger partial charge in [0.2, 0.25) is 14.5 Å². The Kier molecular flexibility index (Phi) is 10.4. The average molecular weight is 561 g/mol. The normalized spacial score (nSPS) is 11.3. The third-order valence-electron chi connectivity index (χ3n) is 3.44. The van der Waals surface area contributed by atoms with Crippen LogP contribution in [0.3, 0.4) is 0 Å². The first-order valence-corrected chi connectivity index (χ1v) is 11.1. The molecule has 2 rings (SSSR count). The summed E-state index contributed by atoms with van der Waals surface area (Å²) in [7, 11) is 0. The third kappa shape index (κ3) is 8.70. The molecule has 2 aromatic rings. The number of ether oxygens (including phenoxy) is 3. The minimum absolute atomic E-state index is 0.0194. The molecular weight excluding hydrogens is 549 g/mol. The fraction of sp³-hybridized carbons (Fsp3) is 0.150. The lowest BCUT2D eigenvalue weighted by molar-refractivity contribution is -0.133. The molecule has 0 unspecified atom stereocenters. The lowest BCUT2D eigenvalue weighted by atomic mass is 10.1. The van der Waals surface area contributed by atoms with Gasteiger partial charge in [-0.05, 0) is 35.4 Å². The highest BCUT2D eigenvalue weighted by Crippen LogP contribution is 2.27. The number of rotatable bonds is 8. The number of hydrogen-bond acceptors (Lipinski definition) is 6. The molecule has 12 heteroatoms. The maximum absolute atomic E-state index is 11.7. The zero-order valence-electron chi connectivity index (χ0n) is 15.6. The highest BCUT2D eigenvalue weighted by molar-refractivity contribution is 6.53. The standard InChI is InChI=1S/C20H12Cl6O6/c21-15(22)18(27)30-12-5-3-10(4-6-12)1-2-11-7-13(31-19(28)16(23)24)9-14(8-11)32-20(29)17(25)26/h1-9,15-17H/b2-1+. The minimum Gasteiger partial charge on any atom is -0.425 e. The summed E-state index contributed by atoms with van der Waals surface area (Å²) < 4.78 is 15.1. The van der Waals surface area contributed by atoms with E-state index in [1.807, 2.05) is 0 Å². The van der Waals surface area contributed by atoms with Crippen molar-refractivity contribution < 1.29 is 28.6 Å². The van der Waals surface area contributed by atoms with Crippen molar-refractivity contribution in [3.05, 3.63) is 53.6 Å². The van der Waals surface area contributed by atoms with Crippen LogP contribution in [0.2, 0.25) is 0 Å². The molecule has 0 atom stereocenters. The van der Waals surface area contributed by atoms with Gasteiger partial charge in [0.05, 0.1) is 0 Å². The summed E-state index contributed by atoms with van der Waals surface area (Å²) in [6.07, 6.45) is 3.34. The molecule has 170 valence electrons. The van der Waals surface area contributed by atoms with Crippen molar-refractivity contribution in [3.8, 4) is 17.2 Å². The third-order valence-corrected chi connectivity index (χ3v) is 4.51. The van der Waals surface area contributed by atoms with Crippen LogP contribution in [0.25, 0.3) is 12.2 Å². The van der Waals surface area contributed by atoms with Crippen LogP contribution in [0.15, 0.2) is 42.5 Å². The van der Waals surface area contributed by atoms with Crippen LogP contribution in [0.1, 0.15) is 11.1 Å². The zero-order valence-corrected chi connectivity index (χ0v) is 20.2. The van der Waals surface area contributed by atoms with Crippen molar-refractivity contribution in [1.82, 2.24) is 0 Å². The topological polar surface area (TPSA) is 78.9 Å². The maximum atomic E-state index is 11.7. The van der Waals surface area contributed by atoms with E-state index < -0.39 is 32.4 Å². The number of alkyl halides is 6. The van der Waals surface area contributed by atoms with Gasteiger partial charge in [-0.25, -0.2) is 14.4 Å². The predicted molar refractivity (Wildman–Crippen MR) is 125 cm³/mol. The van der Waals surface area contributed by atoms with Crippen LogP contribution in [0, 0.1) is 0 Å². The zero-order chi connectivity index (χ0) is 23.8. The molecule has 0 aliphatic rings. The van der Waals surface area contributed by atoms with Crippen LogP contribution in [0.5, 0.6) is 17.2 Å². The van der Waals surface area contributed by atoms with Gasteiger partial charge in [-0.1, -0.05) is 93.9 Å². The first kappa shape index (κ1) is 26.6. The Balaban J connectivity index is 2.24. The number of hydrogen-bond donors (Lipinski definition) is 0. The van der Waals surface area contributed by atoms with Crippen molar-refractivity contribution in [2.75, 3.05) is 0 Å². The largest absolute Gasteiger partial charge is 0.425 e. The molecule has 0 amide bonds. The summed E-state index contributed by atoms with van der Waals surface area (Å²) in [4.78, 5) is 30.7. The Morgan fingerprint density at radius 1 is 0.562 bits per heavy atom. The SMILES string of the molecule is O=C(Oc1ccc(/C=C/c2cc(OC(=O)C(Cl)Cl)cc(OC(=O)C(Cl)Cl)c2)cc1)C(Cl)Cl. The smallest absolute Gasteiger partial charge is 0.344 e. The number of carbonyl (C=O) groups excluding carboxylic acids is 3. The highest BCUT2D eigenvalue weighted by Gasteiger charge is 2.18. The van der Waals surface area contributed by atoms with Gasteiger partial charge in [-0.2, -0.15) is 0 Å². The quantitative estimate of drug-likeness (QED) is 0.171. The van der Waals surface area contributed by atoms with E-state index in [1.54, 1.807) is 36.4 Å². The van der Waals surface area contributed by atoms with Crippen LogP contribution in [-0.4, -0.2) is 32.4 Å². The second kappa shape index (κ2) is 12.5. The monoisotopic (exact) mass is 558 g/mol. The second-order valence-corrected chi connectivity index (χ2v) is 9.09. The van der Waals surface area contributed by atoms with Gasteiger partial charge < -0.3 is 14.2 Å². The van der Waals surface area contributed by atoms with Crippen molar-refractivity contribution in [2.45, 2.75) is 14.5 Å². The van der Waals surface area contributed by atoms with Crippen LogP contribution < -0.4 is 14.2 Å². The van der Waals surface area contributed by atoms with E-state index in [9.17, 15) is 14.4 Å². The molecule has 0 aliphatic heterocycles. The Morgan fingerprint density at radius 3 is 1.34 bits per heavy atom. The molecule has 32 heavy (non-hydrogen) atoms. The molecule has 0 aromatic heterocycles. The van der Waals surface area contributed by atoms with Crippen LogP contribution >= 0.6 is 69.6 Å². The molecule has 0 bridgehead atoms. The van der Waals surface area contributed by atoms with E-state index in [1.165, 1.54) is 18.2 Å². The molecule has 0 aliphatic carbocycles. The molecule has 0 radical (unpaired) electrons. The van der Waals surface area contributed by atoms with Crippen LogP contribution in [0.4, 0.5) is 0 Å². The fourth-order valence-corrected chi connectivity index (χ4v) is 2.40. The highest BCUT2D eigenvalue weighted by atomic mass is 35.5. The van der Waals surface area contributed by atoms with Gasteiger partial charge in [0.1, 0.15) is 17.2 Å². The molecule has 2 aromatic carbocycles. The number of benzene rings is 2. The van der Waals surface area contributed by atoms with Crippen molar-refractivity contribution >= 4 is 99.7 Å². The molecule has 6 nitrogen and oxygen atoms in total. The molecule has 0 N–H and O–H groups in total. The molecule has 0 fully saturated rings. The lowest BCUT2D eigenvalue weighted by Crippen LogP contribution is -2.17. The summed E-state index contributed by atoms with van der Waals surface area (Å²) in [6.45, 7) is 0. The molecular formula is C20H12Cl6O6. The van der Waals surface area contributed by atoms with Gasteiger partial charge in [-0.3, -0.25) is 0 Å². The first-order chi connectivity index (χ1) is 15.0. The van der Waals surface area contributed by atoms with Crippen molar-refractivity contribution in [3.63, 3.8) is 0 Å². The molecule has 0 saturated heterocycles. The van der Waals surface area contributed by atoms with E-state index in [4.69, 9.17) is 83.8 Å². The number of esters is 3. The van der Waals surface area contributed by atoms with Gasteiger partial charge in [0.25, 0.3) is 0 Å². The molecule has 0 spiro atoms. The lowest BCUT2D eigenvalue weighted by Gasteiger charge is -2.10. The predicted octanol–water partition coefficient (Wildman–Crippen LogP) is 5.98. The van der Waals surface area contributed by atoms with Gasteiger partial charge in [-0.15, -0.1) is 0 Å². The minimum atomic E-state index is -1.41. The summed E-state index contributed by atoms with van der Waals surface area (Å²) in [5, 5.41) is 0. The summed E-state index contributed by atoms with van der Waals surface area (Å²) in [5.74, 6) is -2.33. The van der Waals surface area contributed by atoms with E-state index in [0.29, 0.717) is 5.56 Å². The average Bonchev–Trinajstić information content (AvgIpc) is 2.72. The maximum Gasteiger partial charge on any atom is 0.344 e. The molecule has 0 heterocycles. The Labute approximate surface area is 212 Å². The van der Waals surface area contributed by atoms with E-state index in [2.05, 4.69) is 0 Å². The summed E-state index contributed by atoms with van der Waals surface area (Å²) >= 11 is 32.9. The van der Waals surface area contributed by atoms with Crippen molar-refractivity contribution in [2.24, 2.45) is 0 Å². The summed E-state index contributed by atoms with van der Waals surface area (Å²) in [5.41, 5.74) is 1.21. The van der Waals surface area contributed by atoms with E-state index in [-0.39, 0.29) is 17.2 Å². The van der Waals surface area contributed by atoms with E-state index >= 15 is 0 Å².